The average molecular weight is 280 g/mol. The molecule has 0 saturated carbocycles. The van der Waals surface area contributed by atoms with Gasteiger partial charge in [0.15, 0.2) is 0 Å². The smallest absolute Gasteiger partial charge is 0.241 e. The summed E-state index contributed by atoms with van der Waals surface area (Å²) in [4.78, 5) is 0. The van der Waals surface area contributed by atoms with Crippen molar-refractivity contribution in [1.82, 2.24) is 9.78 Å². The first kappa shape index (κ1) is 13.7. The van der Waals surface area contributed by atoms with Crippen molar-refractivity contribution >= 4 is 17.3 Å². The Hall–Kier alpha value is -1.68. The molecule has 2 N–H and O–H groups in total. The van der Waals surface area contributed by atoms with Gasteiger partial charge >= 0.3 is 0 Å². The summed E-state index contributed by atoms with van der Waals surface area (Å²) in [7, 11) is 0. The quantitative estimate of drug-likeness (QED) is 0.922. The summed E-state index contributed by atoms with van der Waals surface area (Å²) >= 11 is 6.00. The highest BCUT2D eigenvalue weighted by Gasteiger charge is 2.14. The van der Waals surface area contributed by atoms with Crippen LogP contribution in [0.25, 0.3) is 0 Å². The zero-order valence-corrected chi connectivity index (χ0v) is 12.2. The van der Waals surface area contributed by atoms with Crippen LogP contribution in [0.1, 0.15) is 24.6 Å². The number of nitrogens with two attached hydrogens (primary N) is 1. The Kier molecular flexibility index (Phi) is 4.00. The van der Waals surface area contributed by atoms with Crippen molar-refractivity contribution in [3.05, 3.63) is 34.5 Å². The molecule has 0 aliphatic carbocycles. The van der Waals surface area contributed by atoms with E-state index >= 15 is 0 Å². The largest absolute Gasteiger partial charge is 0.437 e. The number of nitrogens with zero attached hydrogens (tertiary/aromatic N) is 2. The number of aryl methyl sites for hydroxylation is 3. The maximum atomic E-state index is 6.02. The first-order valence-electron chi connectivity index (χ1n) is 6.29. The van der Waals surface area contributed by atoms with E-state index in [-0.39, 0.29) is 0 Å². The molecule has 0 spiro atoms. The molecule has 1 aromatic heterocycles. The minimum atomic E-state index is 0.584. The van der Waals surface area contributed by atoms with Crippen LogP contribution < -0.4 is 10.5 Å². The zero-order chi connectivity index (χ0) is 14.0. The van der Waals surface area contributed by atoms with Gasteiger partial charge in [-0.1, -0.05) is 18.5 Å². The Morgan fingerprint density at radius 3 is 2.74 bits per heavy atom. The molecule has 1 aromatic carbocycles. The maximum Gasteiger partial charge on any atom is 0.241 e. The van der Waals surface area contributed by atoms with Crippen molar-refractivity contribution < 1.29 is 4.74 Å². The lowest BCUT2D eigenvalue weighted by molar-refractivity contribution is 0.410. The molecular formula is C14H18ClN3O. The molecular weight excluding hydrogens is 262 g/mol. The second-order valence-electron chi connectivity index (χ2n) is 4.54. The summed E-state index contributed by atoms with van der Waals surface area (Å²) in [5.41, 5.74) is 8.35. The highest BCUT2D eigenvalue weighted by atomic mass is 35.5. The van der Waals surface area contributed by atoms with Crippen LogP contribution in [0.4, 0.5) is 5.69 Å². The molecule has 1 heterocycles. The summed E-state index contributed by atoms with van der Waals surface area (Å²) in [6.07, 6.45) is 0.969. The normalized spacial score (nSPS) is 10.7. The van der Waals surface area contributed by atoms with Crippen molar-refractivity contribution in [1.29, 1.82) is 0 Å². The third kappa shape index (κ3) is 2.84. The molecule has 0 atom stereocenters. The monoisotopic (exact) mass is 279 g/mol. The third-order valence-corrected chi connectivity index (χ3v) is 3.33. The first-order chi connectivity index (χ1) is 9.02. The number of halogens is 1. The standard InChI is InChI=1S/C14H18ClN3O/c1-4-7-18-14(13(16)10(3)17-18)19-11-5-6-12(15)9(2)8-11/h5-6,8H,4,7,16H2,1-3H3. The van der Waals surface area contributed by atoms with Gasteiger partial charge in [0, 0.05) is 11.6 Å². The Morgan fingerprint density at radius 2 is 2.11 bits per heavy atom. The maximum absolute atomic E-state index is 6.02. The van der Waals surface area contributed by atoms with Crippen molar-refractivity contribution in [2.24, 2.45) is 0 Å². The van der Waals surface area contributed by atoms with E-state index in [1.54, 1.807) is 4.68 Å². The van der Waals surface area contributed by atoms with Gasteiger partial charge in [-0.05, 0) is 44.0 Å². The highest BCUT2D eigenvalue weighted by Crippen LogP contribution is 2.31. The van der Waals surface area contributed by atoms with E-state index in [2.05, 4.69) is 12.0 Å². The van der Waals surface area contributed by atoms with Gasteiger partial charge in [0.2, 0.25) is 5.88 Å². The van der Waals surface area contributed by atoms with Crippen LogP contribution in [0, 0.1) is 13.8 Å². The number of aromatic nitrogens is 2. The molecule has 0 unspecified atom stereocenters. The molecule has 0 aliphatic heterocycles. The Balaban J connectivity index is 2.34. The minimum Gasteiger partial charge on any atom is -0.437 e. The van der Waals surface area contributed by atoms with Crippen LogP contribution in [0.5, 0.6) is 11.6 Å². The topological polar surface area (TPSA) is 53.1 Å². The second-order valence-corrected chi connectivity index (χ2v) is 4.95. The number of hydrogen-bond acceptors (Lipinski definition) is 3. The van der Waals surface area contributed by atoms with E-state index < -0.39 is 0 Å². The van der Waals surface area contributed by atoms with Gasteiger partial charge < -0.3 is 10.5 Å². The lowest BCUT2D eigenvalue weighted by Crippen LogP contribution is -2.02. The van der Waals surface area contributed by atoms with E-state index in [9.17, 15) is 0 Å². The molecule has 2 rings (SSSR count). The molecule has 19 heavy (non-hydrogen) atoms. The number of rotatable bonds is 4. The van der Waals surface area contributed by atoms with Gasteiger partial charge in [-0.15, -0.1) is 0 Å². The molecule has 0 fully saturated rings. The molecule has 0 bridgehead atoms. The molecule has 4 nitrogen and oxygen atoms in total. The summed E-state index contributed by atoms with van der Waals surface area (Å²) in [6.45, 7) is 6.68. The van der Waals surface area contributed by atoms with Gasteiger partial charge in [-0.3, -0.25) is 0 Å². The van der Waals surface area contributed by atoms with Crippen LogP contribution >= 0.6 is 11.6 Å². The van der Waals surface area contributed by atoms with E-state index in [0.717, 1.165) is 29.2 Å². The van der Waals surface area contributed by atoms with Gasteiger partial charge in [0.1, 0.15) is 11.4 Å². The average Bonchev–Trinajstić information content (AvgIpc) is 2.62. The van der Waals surface area contributed by atoms with Crippen molar-refractivity contribution in [3.63, 3.8) is 0 Å². The van der Waals surface area contributed by atoms with Crippen molar-refractivity contribution in [2.75, 3.05) is 5.73 Å². The van der Waals surface area contributed by atoms with Crippen LogP contribution in [0.3, 0.4) is 0 Å². The molecule has 0 aliphatic rings. The fraction of sp³-hybridized carbons (Fsp3) is 0.357. The Bertz CT molecular complexity index is 593. The first-order valence-corrected chi connectivity index (χ1v) is 6.67. The molecule has 0 radical (unpaired) electrons. The summed E-state index contributed by atoms with van der Waals surface area (Å²) < 4.78 is 7.67. The van der Waals surface area contributed by atoms with Crippen LogP contribution in [-0.4, -0.2) is 9.78 Å². The van der Waals surface area contributed by atoms with E-state index in [1.165, 1.54) is 0 Å². The SMILES string of the molecule is CCCn1nc(C)c(N)c1Oc1ccc(Cl)c(C)c1. The number of hydrogen-bond donors (Lipinski definition) is 1. The summed E-state index contributed by atoms with van der Waals surface area (Å²) in [5, 5.41) is 5.10. The third-order valence-electron chi connectivity index (χ3n) is 2.90. The van der Waals surface area contributed by atoms with Gasteiger partial charge in [-0.2, -0.15) is 5.10 Å². The number of benzene rings is 1. The predicted molar refractivity (Wildman–Crippen MR) is 77.9 cm³/mol. The molecule has 0 amide bonds. The lowest BCUT2D eigenvalue weighted by Gasteiger charge is -2.10. The van der Waals surface area contributed by atoms with Crippen LogP contribution in [0.2, 0.25) is 5.02 Å². The fourth-order valence-corrected chi connectivity index (χ4v) is 1.96. The Labute approximate surface area is 118 Å². The molecule has 2 aromatic rings. The number of ether oxygens (including phenoxy) is 1. The van der Waals surface area contributed by atoms with E-state index in [0.29, 0.717) is 17.3 Å². The van der Waals surface area contributed by atoms with Crippen LogP contribution in [0.15, 0.2) is 18.2 Å². The summed E-state index contributed by atoms with van der Waals surface area (Å²) in [6, 6.07) is 5.53. The molecule has 102 valence electrons. The van der Waals surface area contributed by atoms with Crippen molar-refractivity contribution in [2.45, 2.75) is 33.7 Å². The fourth-order valence-electron chi connectivity index (χ4n) is 1.84. The van der Waals surface area contributed by atoms with E-state index in [1.807, 2.05) is 32.0 Å². The number of anilines is 1. The van der Waals surface area contributed by atoms with E-state index in [4.69, 9.17) is 22.1 Å². The highest BCUT2D eigenvalue weighted by molar-refractivity contribution is 6.31. The zero-order valence-electron chi connectivity index (χ0n) is 11.4. The lowest BCUT2D eigenvalue weighted by atomic mass is 10.2. The van der Waals surface area contributed by atoms with Gasteiger partial charge in [0.25, 0.3) is 0 Å². The van der Waals surface area contributed by atoms with Gasteiger partial charge in [0.05, 0.1) is 5.69 Å². The summed E-state index contributed by atoms with van der Waals surface area (Å²) in [5.74, 6) is 1.31. The minimum absolute atomic E-state index is 0.584. The molecule has 5 heteroatoms. The second kappa shape index (κ2) is 5.53. The van der Waals surface area contributed by atoms with Crippen molar-refractivity contribution in [3.8, 4) is 11.6 Å². The molecule has 0 saturated heterocycles. The van der Waals surface area contributed by atoms with Crippen LogP contribution in [-0.2, 0) is 6.54 Å². The Morgan fingerprint density at radius 1 is 1.37 bits per heavy atom. The van der Waals surface area contributed by atoms with Gasteiger partial charge in [-0.25, -0.2) is 4.68 Å². The predicted octanol–water partition coefficient (Wildman–Crippen LogP) is 3.94. The number of nitrogen functional groups attached to an aromatic ring is 1.